The van der Waals surface area contributed by atoms with Gasteiger partial charge < -0.3 is 19.7 Å². The molecule has 0 saturated heterocycles. The molecule has 30 heavy (non-hydrogen) atoms. The number of halogens is 1. The SMILES string of the molecule is COc1cccc(OC)c1C(=O)NC1CCCC1N(C)c1nc2ccc(F)cc2s1. The minimum Gasteiger partial charge on any atom is -0.496 e. The zero-order valence-electron chi connectivity index (χ0n) is 17.1. The quantitative estimate of drug-likeness (QED) is 0.635. The van der Waals surface area contributed by atoms with Crippen LogP contribution in [0.15, 0.2) is 36.4 Å². The Bertz CT molecular complexity index is 1050. The number of fused-ring (bicyclic) bond motifs is 1. The molecule has 1 heterocycles. The predicted molar refractivity (Wildman–Crippen MR) is 116 cm³/mol. The summed E-state index contributed by atoms with van der Waals surface area (Å²) in [5.74, 6) is 0.462. The van der Waals surface area contributed by atoms with Crippen molar-refractivity contribution in [3.8, 4) is 11.5 Å². The number of carbonyl (C=O) groups excluding carboxylic acids is 1. The third-order valence-electron chi connectivity index (χ3n) is 5.59. The summed E-state index contributed by atoms with van der Waals surface area (Å²) in [6.45, 7) is 0. The van der Waals surface area contributed by atoms with Gasteiger partial charge in [-0.25, -0.2) is 9.37 Å². The van der Waals surface area contributed by atoms with Crippen molar-refractivity contribution in [2.75, 3.05) is 26.2 Å². The Labute approximate surface area is 178 Å². The number of carbonyl (C=O) groups is 1. The van der Waals surface area contributed by atoms with E-state index in [4.69, 9.17) is 9.47 Å². The molecule has 0 aliphatic heterocycles. The van der Waals surface area contributed by atoms with Gasteiger partial charge in [-0.3, -0.25) is 4.79 Å². The molecule has 1 fully saturated rings. The number of thiazole rings is 1. The van der Waals surface area contributed by atoms with E-state index in [-0.39, 0.29) is 23.8 Å². The summed E-state index contributed by atoms with van der Waals surface area (Å²) in [6.07, 6.45) is 2.81. The number of aromatic nitrogens is 1. The predicted octanol–water partition coefficient (Wildman–Crippen LogP) is 4.24. The number of amides is 1. The largest absolute Gasteiger partial charge is 0.496 e. The van der Waals surface area contributed by atoms with E-state index in [1.54, 1.807) is 24.3 Å². The molecular weight excluding hydrogens is 405 g/mol. The van der Waals surface area contributed by atoms with Crippen LogP contribution in [0.4, 0.5) is 9.52 Å². The van der Waals surface area contributed by atoms with Crippen molar-refractivity contribution in [1.29, 1.82) is 0 Å². The fourth-order valence-corrected chi connectivity index (χ4v) is 5.08. The van der Waals surface area contributed by atoms with Gasteiger partial charge in [-0.1, -0.05) is 17.4 Å². The lowest BCUT2D eigenvalue weighted by Gasteiger charge is -2.30. The van der Waals surface area contributed by atoms with Crippen LogP contribution in [-0.2, 0) is 0 Å². The number of likely N-dealkylation sites (N-methyl/N-ethyl adjacent to an activating group) is 1. The fourth-order valence-electron chi connectivity index (χ4n) is 4.07. The molecule has 158 valence electrons. The van der Waals surface area contributed by atoms with E-state index in [2.05, 4.69) is 15.2 Å². The van der Waals surface area contributed by atoms with Crippen molar-refractivity contribution in [3.05, 3.63) is 47.8 Å². The van der Waals surface area contributed by atoms with Crippen molar-refractivity contribution >= 4 is 32.6 Å². The second-order valence-electron chi connectivity index (χ2n) is 7.34. The van der Waals surface area contributed by atoms with Crippen LogP contribution >= 0.6 is 11.3 Å². The molecule has 8 heteroatoms. The maximum Gasteiger partial charge on any atom is 0.259 e. The molecule has 1 aliphatic rings. The van der Waals surface area contributed by atoms with E-state index < -0.39 is 0 Å². The third kappa shape index (κ3) is 3.79. The molecule has 0 radical (unpaired) electrons. The standard InChI is InChI=1S/C22H24FN3O3S/c1-26(22-25-15-11-10-13(23)12-19(15)30-22)16-7-4-6-14(16)24-21(27)20-17(28-2)8-5-9-18(20)29-3/h5,8-12,14,16H,4,6-7H2,1-3H3,(H,24,27). The summed E-state index contributed by atoms with van der Waals surface area (Å²) in [5, 5.41) is 3.98. The molecule has 2 aromatic carbocycles. The van der Waals surface area contributed by atoms with Gasteiger partial charge in [0.05, 0.1) is 30.5 Å². The first-order chi connectivity index (χ1) is 14.5. The highest BCUT2D eigenvalue weighted by Crippen LogP contribution is 2.34. The average Bonchev–Trinajstić information content (AvgIpc) is 3.38. The number of nitrogens with one attached hydrogen (secondary N) is 1. The van der Waals surface area contributed by atoms with E-state index in [1.165, 1.54) is 37.7 Å². The number of hydrogen-bond donors (Lipinski definition) is 1. The van der Waals surface area contributed by atoms with Gasteiger partial charge in [0.15, 0.2) is 5.13 Å². The highest BCUT2D eigenvalue weighted by atomic mass is 32.1. The zero-order valence-corrected chi connectivity index (χ0v) is 18.0. The molecule has 0 spiro atoms. The molecule has 1 aromatic heterocycles. The highest BCUT2D eigenvalue weighted by Gasteiger charge is 2.34. The van der Waals surface area contributed by atoms with Crippen LogP contribution in [0.25, 0.3) is 10.2 Å². The van der Waals surface area contributed by atoms with E-state index in [0.717, 1.165) is 34.6 Å². The van der Waals surface area contributed by atoms with Gasteiger partial charge >= 0.3 is 0 Å². The third-order valence-corrected chi connectivity index (χ3v) is 6.70. The van der Waals surface area contributed by atoms with Crippen molar-refractivity contribution in [3.63, 3.8) is 0 Å². The fraction of sp³-hybridized carbons (Fsp3) is 0.364. The van der Waals surface area contributed by atoms with Gasteiger partial charge in [0, 0.05) is 13.1 Å². The normalized spacial score (nSPS) is 18.4. The molecule has 2 atom stereocenters. The van der Waals surface area contributed by atoms with Crippen molar-refractivity contribution in [2.45, 2.75) is 31.3 Å². The summed E-state index contributed by atoms with van der Waals surface area (Å²) in [7, 11) is 5.05. The first kappa shape index (κ1) is 20.4. The van der Waals surface area contributed by atoms with Crippen LogP contribution in [0.1, 0.15) is 29.6 Å². The lowest BCUT2D eigenvalue weighted by Crippen LogP contribution is -2.47. The average molecular weight is 430 g/mol. The summed E-state index contributed by atoms with van der Waals surface area (Å²) >= 11 is 1.46. The van der Waals surface area contributed by atoms with Gasteiger partial charge in [-0.2, -0.15) is 0 Å². The number of nitrogens with zero attached hydrogens (tertiary/aromatic N) is 2. The molecule has 3 aromatic rings. The Kier molecular flexibility index (Phi) is 5.76. The molecule has 1 saturated carbocycles. The number of benzene rings is 2. The Balaban J connectivity index is 1.55. The van der Waals surface area contributed by atoms with Crippen molar-refractivity contribution in [2.24, 2.45) is 0 Å². The lowest BCUT2D eigenvalue weighted by atomic mass is 10.1. The Morgan fingerprint density at radius 1 is 1.20 bits per heavy atom. The van der Waals surface area contributed by atoms with Gasteiger partial charge in [0.2, 0.25) is 0 Å². The van der Waals surface area contributed by atoms with Gasteiger partial charge in [0.25, 0.3) is 5.91 Å². The number of ether oxygens (including phenoxy) is 2. The molecule has 2 unspecified atom stereocenters. The van der Waals surface area contributed by atoms with Crippen LogP contribution in [0.2, 0.25) is 0 Å². The minimum absolute atomic E-state index is 0.0409. The van der Waals surface area contributed by atoms with Gasteiger partial charge in [-0.05, 0) is 49.6 Å². The van der Waals surface area contributed by atoms with E-state index in [9.17, 15) is 9.18 Å². The second-order valence-corrected chi connectivity index (χ2v) is 8.34. The Morgan fingerprint density at radius 3 is 2.63 bits per heavy atom. The Hall–Kier alpha value is -2.87. The first-order valence-electron chi connectivity index (χ1n) is 9.82. The number of anilines is 1. The molecular formula is C22H24FN3O3S. The topological polar surface area (TPSA) is 63.7 Å². The molecule has 1 aliphatic carbocycles. The van der Waals surface area contributed by atoms with Crippen LogP contribution in [0.3, 0.4) is 0 Å². The molecule has 1 amide bonds. The van der Waals surface area contributed by atoms with E-state index in [0.29, 0.717) is 17.1 Å². The second kappa shape index (κ2) is 8.47. The summed E-state index contributed by atoms with van der Waals surface area (Å²) < 4.78 is 25.1. The summed E-state index contributed by atoms with van der Waals surface area (Å²) in [6, 6.07) is 9.96. The van der Waals surface area contributed by atoms with Gasteiger partial charge in [-0.15, -0.1) is 0 Å². The minimum atomic E-state index is -0.267. The van der Waals surface area contributed by atoms with Crippen LogP contribution < -0.4 is 19.7 Å². The van der Waals surface area contributed by atoms with Crippen LogP contribution in [0.5, 0.6) is 11.5 Å². The van der Waals surface area contributed by atoms with Crippen molar-refractivity contribution in [1.82, 2.24) is 10.3 Å². The van der Waals surface area contributed by atoms with E-state index in [1.807, 2.05) is 7.05 Å². The number of rotatable bonds is 6. The highest BCUT2D eigenvalue weighted by molar-refractivity contribution is 7.22. The number of hydrogen-bond acceptors (Lipinski definition) is 6. The molecule has 6 nitrogen and oxygen atoms in total. The Morgan fingerprint density at radius 2 is 1.93 bits per heavy atom. The van der Waals surface area contributed by atoms with Gasteiger partial charge in [0.1, 0.15) is 22.9 Å². The molecule has 0 bridgehead atoms. The zero-order chi connectivity index (χ0) is 21.3. The first-order valence-corrected chi connectivity index (χ1v) is 10.6. The smallest absolute Gasteiger partial charge is 0.259 e. The lowest BCUT2D eigenvalue weighted by molar-refractivity contribution is 0.0928. The maximum absolute atomic E-state index is 13.5. The monoisotopic (exact) mass is 429 g/mol. The summed E-state index contributed by atoms with van der Waals surface area (Å²) in [4.78, 5) is 19.8. The maximum atomic E-state index is 13.5. The molecule has 1 N–H and O–H groups in total. The van der Waals surface area contributed by atoms with Crippen LogP contribution in [0, 0.1) is 5.82 Å². The number of methoxy groups -OCH3 is 2. The summed E-state index contributed by atoms with van der Waals surface area (Å²) in [5.41, 5.74) is 1.17. The van der Waals surface area contributed by atoms with Crippen LogP contribution in [-0.4, -0.2) is 44.2 Å². The molecule has 4 rings (SSSR count). The van der Waals surface area contributed by atoms with E-state index >= 15 is 0 Å². The van der Waals surface area contributed by atoms with Crippen molar-refractivity contribution < 1.29 is 18.7 Å².